The molecule has 1 aromatic carbocycles. The Labute approximate surface area is 92.7 Å². The Balaban J connectivity index is 2.79. The average molecular weight is 224 g/mol. The lowest BCUT2D eigenvalue weighted by Gasteiger charge is -2.01. The second kappa shape index (κ2) is 5.98. The summed E-state index contributed by atoms with van der Waals surface area (Å²) in [5.41, 5.74) is 1.04. The highest BCUT2D eigenvalue weighted by Crippen LogP contribution is 2.03. The Morgan fingerprint density at radius 2 is 2.00 bits per heavy atom. The number of amides is 1. The van der Waals surface area contributed by atoms with Crippen molar-refractivity contribution in [2.24, 2.45) is 0 Å². The smallest absolute Gasteiger partial charge is 0.239 e. The van der Waals surface area contributed by atoms with Crippen LogP contribution in [0.4, 0.5) is 0 Å². The standard InChI is InChI=1S/C11H10ClNO2/c12-7-11(15)13-10(8-14)6-9-4-2-1-3-5-9/h1-6,8H,7H2,(H,13,15). The van der Waals surface area contributed by atoms with E-state index in [-0.39, 0.29) is 11.6 Å². The highest BCUT2D eigenvalue weighted by atomic mass is 35.5. The predicted octanol–water partition coefficient (Wildman–Crippen LogP) is 1.58. The summed E-state index contributed by atoms with van der Waals surface area (Å²) in [5, 5.41) is 2.39. The molecule has 0 atom stereocenters. The lowest BCUT2D eigenvalue weighted by Crippen LogP contribution is -2.24. The molecule has 15 heavy (non-hydrogen) atoms. The van der Waals surface area contributed by atoms with Crippen molar-refractivity contribution in [1.82, 2.24) is 5.32 Å². The first-order valence-corrected chi connectivity index (χ1v) is 4.87. The molecule has 1 rings (SSSR count). The van der Waals surface area contributed by atoms with Crippen molar-refractivity contribution >= 4 is 29.9 Å². The third kappa shape index (κ3) is 3.95. The Morgan fingerprint density at radius 1 is 1.33 bits per heavy atom. The molecule has 0 aliphatic heterocycles. The number of carbonyl (C=O) groups is 2. The maximum atomic E-state index is 10.9. The van der Waals surface area contributed by atoms with Crippen LogP contribution < -0.4 is 5.32 Å². The minimum absolute atomic E-state index is 0.167. The fourth-order valence-electron chi connectivity index (χ4n) is 1.02. The van der Waals surface area contributed by atoms with Crippen LogP contribution in [0.2, 0.25) is 0 Å². The van der Waals surface area contributed by atoms with Gasteiger partial charge in [0.1, 0.15) is 5.88 Å². The normalized spacial score (nSPS) is 10.9. The van der Waals surface area contributed by atoms with Gasteiger partial charge in [-0.25, -0.2) is 0 Å². The molecule has 1 amide bonds. The van der Waals surface area contributed by atoms with E-state index in [1.807, 2.05) is 30.3 Å². The molecule has 0 saturated heterocycles. The number of aldehydes is 1. The summed E-state index contributed by atoms with van der Waals surface area (Å²) in [5.74, 6) is -0.564. The van der Waals surface area contributed by atoms with Gasteiger partial charge in [0, 0.05) is 0 Å². The molecule has 3 nitrogen and oxygen atoms in total. The van der Waals surface area contributed by atoms with Gasteiger partial charge in [0.05, 0.1) is 5.70 Å². The predicted molar refractivity (Wildman–Crippen MR) is 59.3 cm³/mol. The monoisotopic (exact) mass is 223 g/mol. The van der Waals surface area contributed by atoms with Gasteiger partial charge in [-0.1, -0.05) is 30.3 Å². The minimum atomic E-state index is -0.397. The van der Waals surface area contributed by atoms with Gasteiger partial charge in [-0.15, -0.1) is 11.6 Å². The van der Waals surface area contributed by atoms with E-state index in [0.717, 1.165) is 5.56 Å². The van der Waals surface area contributed by atoms with Crippen molar-refractivity contribution in [3.63, 3.8) is 0 Å². The van der Waals surface area contributed by atoms with Gasteiger partial charge in [-0.05, 0) is 11.6 Å². The zero-order valence-electron chi connectivity index (χ0n) is 7.94. The number of rotatable bonds is 4. The van der Waals surface area contributed by atoms with Gasteiger partial charge in [0.25, 0.3) is 0 Å². The second-order valence-electron chi connectivity index (χ2n) is 2.81. The molecule has 0 aromatic heterocycles. The molecule has 0 heterocycles. The molecule has 0 aliphatic carbocycles. The van der Waals surface area contributed by atoms with E-state index >= 15 is 0 Å². The Bertz CT molecular complexity index is 373. The zero-order chi connectivity index (χ0) is 11.1. The van der Waals surface area contributed by atoms with Crippen LogP contribution in [0.15, 0.2) is 36.0 Å². The average Bonchev–Trinajstić information content (AvgIpc) is 2.29. The second-order valence-corrected chi connectivity index (χ2v) is 3.08. The molecule has 1 aromatic rings. The number of alkyl halides is 1. The maximum Gasteiger partial charge on any atom is 0.239 e. The van der Waals surface area contributed by atoms with Crippen molar-refractivity contribution in [1.29, 1.82) is 0 Å². The number of nitrogens with one attached hydrogen (secondary N) is 1. The number of allylic oxidation sites excluding steroid dienone is 1. The fraction of sp³-hybridized carbons (Fsp3) is 0.0909. The Kier molecular flexibility index (Phi) is 4.57. The van der Waals surface area contributed by atoms with Crippen LogP contribution >= 0.6 is 11.6 Å². The van der Waals surface area contributed by atoms with Crippen LogP contribution in [0, 0.1) is 0 Å². The van der Waals surface area contributed by atoms with Gasteiger partial charge in [0.15, 0.2) is 6.29 Å². The van der Waals surface area contributed by atoms with E-state index in [1.165, 1.54) is 0 Å². The van der Waals surface area contributed by atoms with Crippen LogP contribution in [0.1, 0.15) is 5.56 Å². The quantitative estimate of drug-likeness (QED) is 0.479. The summed E-state index contributed by atoms with van der Waals surface area (Å²) in [6, 6.07) is 9.22. The summed E-state index contributed by atoms with van der Waals surface area (Å²) in [4.78, 5) is 21.6. The molecule has 1 N–H and O–H groups in total. The summed E-state index contributed by atoms with van der Waals surface area (Å²) in [6.45, 7) is 0. The molecule has 0 unspecified atom stereocenters. The first-order chi connectivity index (χ1) is 7.26. The molecule has 0 spiro atoms. The molecular formula is C11H10ClNO2. The van der Waals surface area contributed by atoms with Gasteiger partial charge < -0.3 is 5.32 Å². The van der Waals surface area contributed by atoms with Gasteiger partial charge in [-0.2, -0.15) is 0 Å². The van der Waals surface area contributed by atoms with Crippen molar-refractivity contribution < 1.29 is 9.59 Å². The largest absolute Gasteiger partial charge is 0.322 e. The summed E-state index contributed by atoms with van der Waals surface area (Å²) < 4.78 is 0. The van der Waals surface area contributed by atoms with Gasteiger partial charge in [-0.3, -0.25) is 9.59 Å². The molecular weight excluding hydrogens is 214 g/mol. The minimum Gasteiger partial charge on any atom is -0.322 e. The third-order valence-corrected chi connectivity index (χ3v) is 1.90. The summed E-state index contributed by atoms with van der Waals surface area (Å²) in [6.07, 6.45) is 2.16. The van der Waals surface area contributed by atoms with Crippen molar-refractivity contribution in [2.75, 3.05) is 5.88 Å². The lowest BCUT2D eigenvalue weighted by atomic mass is 10.2. The van der Waals surface area contributed by atoms with E-state index in [2.05, 4.69) is 5.32 Å². The van der Waals surface area contributed by atoms with Crippen molar-refractivity contribution in [2.45, 2.75) is 0 Å². The fourth-order valence-corrected chi connectivity index (χ4v) is 1.09. The van der Waals surface area contributed by atoms with E-state index in [0.29, 0.717) is 6.29 Å². The van der Waals surface area contributed by atoms with Gasteiger partial charge in [0.2, 0.25) is 5.91 Å². The topological polar surface area (TPSA) is 46.2 Å². The van der Waals surface area contributed by atoms with E-state index < -0.39 is 5.91 Å². The zero-order valence-corrected chi connectivity index (χ0v) is 8.70. The summed E-state index contributed by atoms with van der Waals surface area (Å²) >= 11 is 5.30. The van der Waals surface area contributed by atoms with Crippen LogP contribution in [-0.4, -0.2) is 18.1 Å². The SMILES string of the molecule is O=CC(=Cc1ccccc1)NC(=O)CCl. The number of carbonyl (C=O) groups excluding carboxylic acids is 2. The van der Waals surface area contributed by atoms with Crippen LogP contribution in [0.25, 0.3) is 6.08 Å². The molecule has 0 saturated carbocycles. The molecule has 0 aliphatic rings. The van der Waals surface area contributed by atoms with Crippen molar-refractivity contribution in [3.8, 4) is 0 Å². The first-order valence-electron chi connectivity index (χ1n) is 4.34. The number of halogens is 1. The molecule has 4 heteroatoms. The maximum absolute atomic E-state index is 10.9. The van der Waals surface area contributed by atoms with Crippen LogP contribution in [-0.2, 0) is 9.59 Å². The molecule has 78 valence electrons. The van der Waals surface area contributed by atoms with E-state index in [9.17, 15) is 9.59 Å². The Hall–Kier alpha value is -1.61. The van der Waals surface area contributed by atoms with E-state index in [4.69, 9.17) is 11.6 Å². The van der Waals surface area contributed by atoms with Gasteiger partial charge >= 0.3 is 0 Å². The first kappa shape index (κ1) is 11.5. The van der Waals surface area contributed by atoms with Crippen molar-refractivity contribution in [3.05, 3.63) is 41.6 Å². The van der Waals surface area contributed by atoms with Crippen LogP contribution in [0.5, 0.6) is 0 Å². The molecule has 0 radical (unpaired) electrons. The summed E-state index contributed by atoms with van der Waals surface area (Å²) in [7, 11) is 0. The highest BCUT2D eigenvalue weighted by Gasteiger charge is 2.01. The van der Waals surface area contributed by atoms with Crippen LogP contribution in [0.3, 0.4) is 0 Å². The molecule has 0 bridgehead atoms. The number of hydrogen-bond donors (Lipinski definition) is 1. The third-order valence-electron chi connectivity index (χ3n) is 1.65. The van der Waals surface area contributed by atoms with E-state index in [1.54, 1.807) is 6.08 Å². The Morgan fingerprint density at radius 3 is 2.53 bits per heavy atom. The lowest BCUT2D eigenvalue weighted by molar-refractivity contribution is -0.119. The number of benzene rings is 1. The number of hydrogen-bond acceptors (Lipinski definition) is 2. The highest BCUT2D eigenvalue weighted by molar-refractivity contribution is 6.27. The molecule has 0 fully saturated rings.